The van der Waals surface area contributed by atoms with Crippen LogP contribution < -0.4 is 0 Å². The van der Waals surface area contributed by atoms with Gasteiger partial charge in [0.25, 0.3) is 0 Å². The van der Waals surface area contributed by atoms with Crippen LogP contribution in [0.3, 0.4) is 0 Å². The van der Waals surface area contributed by atoms with Gasteiger partial charge in [-0.05, 0) is 36.2 Å². The van der Waals surface area contributed by atoms with E-state index in [1.54, 1.807) is 0 Å². The van der Waals surface area contributed by atoms with Crippen LogP contribution in [0.4, 0.5) is 0 Å². The summed E-state index contributed by atoms with van der Waals surface area (Å²) in [5.41, 5.74) is 2.31. The fourth-order valence-corrected chi connectivity index (χ4v) is 4.61. The van der Waals surface area contributed by atoms with Crippen LogP contribution in [0, 0.1) is 0 Å². The molecule has 4 rings (SSSR count). The molecule has 4 nitrogen and oxygen atoms in total. The lowest BCUT2D eigenvalue weighted by molar-refractivity contribution is 0.255. The Morgan fingerprint density at radius 3 is 2.77 bits per heavy atom. The van der Waals surface area contributed by atoms with E-state index < -0.39 is 0 Å². The van der Waals surface area contributed by atoms with Gasteiger partial charge in [-0.3, -0.25) is 15.0 Å². The van der Waals surface area contributed by atoms with Crippen molar-refractivity contribution in [3.8, 4) is 0 Å². The SMILES string of the molecule is CCC1CSC2=NC(c3ccccn3)C(c3ccncc3)N21. The fourth-order valence-electron chi connectivity index (χ4n) is 3.27. The summed E-state index contributed by atoms with van der Waals surface area (Å²) in [6.07, 6.45) is 6.73. The normalized spacial score (nSPS) is 26.9. The molecule has 112 valence electrons. The molecule has 0 spiro atoms. The van der Waals surface area contributed by atoms with Gasteiger partial charge in [-0.15, -0.1) is 0 Å². The van der Waals surface area contributed by atoms with Crippen molar-refractivity contribution in [2.75, 3.05) is 5.75 Å². The van der Waals surface area contributed by atoms with Crippen LogP contribution in [0.15, 0.2) is 53.9 Å². The number of aromatic nitrogens is 2. The number of hydrogen-bond acceptors (Lipinski definition) is 5. The smallest absolute Gasteiger partial charge is 0.160 e. The van der Waals surface area contributed by atoms with E-state index in [4.69, 9.17) is 4.99 Å². The molecule has 1 fully saturated rings. The lowest BCUT2D eigenvalue weighted by Crippen LogP contribution is -2.35. The van der Waals surface area contributed by atoms with Gasteiger partial charge in [0.15, 0.2) is 5.17 Å². The van der Waals surface area contributed by atoms with Crippen LogP contribution in [0.1, 0.15) is 36.7 Å². The lowest BCUT2D eigenvalue weighted by atomic mass is 9.96. The number of fused-ring (bicyclic) bond motifs is 1. The van der Waals surface area contributed by atoms with Crippen LogP contribution >= 0.6 is 11.8 Å². The minimum Gasteiger partial charge on any atom is -0.338 e. The van der Waals surface area contributed by atoms with Gasteiger partial charge >= 0.3 is 0 Å². The molecule has 4 heterocycles. The first-order valence-electron chi connectivity index (χ1n) is 7.68. The Labute approximate surface area is 134 Å². The zero-order chi connectivity index (χ0) is 14.9. The summed E-state index contributed by atoms with van der Waals surface area (Å²) in [6, 6.07) is 11.1. The number of nitrogens with zero attached hydrogens (tertiary/aromatic N) is 4. The molecule has 3 atom stereocenters. The van der Waals surface area contributed by atoms with Crippen molar-refractivity contribution in [1.29, 1.82) is 0 Å². The van der Waals surface area contributed by atoms with Crippen LogP contribution in [-0.2, 0) is 0 Å². The average molecular weight is 310 g/mol. The number of aliphatic imine (C=N–C) groups is 1. The first kappa shape index (κ1) is 13.8. The average Bonchev–Trinajstić information content (AvgIpc) is 3.15. The molecule has 3 unspecified atom stereocenters. The predicted molar refractivity (Wildman–Crippen MR) is 89.8 cm³/mol. The Morgan fingerprint density at radius 2 is 2.05 bits per heavy atom. The number of amidine groups is 1. The standard InChI is InChI=1S/C17H18N4S/c1-2-13-11-22-17-20-15(14-5-3-4-8-19-14)16(21(13)17)12-6-9-18-10-7-12/h3-10,13,15-16H,2,11H2,1H3. The molecule has 0 bridgehead atoms. The van der Waals surface area contributed by atoms with Crippen molar-refractivity contribution in [3.63, 3.8) is 0 Å². The molecule has 0 aromatic carbocycles. The molecule has 0 aliphatic carbocycles. The Kier molecular flexibility index (Phi) is 3.58. The van der Waals surface area contributed by atoms with Crippen molar-refractivity contribution in [2.45, 2.75) is 31.5 Å². The number of pyridine rings is 2. The van der Waals surface area contributed by atoms with Gasteiger partial charge in [0.05, 0.1) is 11.7 Å². The first-order valence-corrected chi connectivity index (χ1v) is 8.67. The van der Waals surface area contributed by atoms with Crippen molar-refractivity contribution in [3.05, 3.63) is 60.2 Å². The third-order valence-corrected chi connectivity index (χ3v) is 5.50. The third kappa shape index (κ3) is 2.20. The molecule has 22 heavy (non-hydrogen) atoms. The Hall–Kier alpha value is -1.88. The molecule has 0 saturated carbocycles. The first-order chi connectivity index (χ1) is 10.9. The summed E-state index contributed by atoms with van der Waals surface area (Å²) in [5, 5.41) is 1.17. The van der Waals surface area contributed by atoms with Gasteiger partial charge in [0.2, 0.25) is 0 Å². The van der Waals surface area contributed by atoms with E-state index in [1.165, 1.54) is 10.7 Å². The summed E-state index contributed by atoms with van der Waals surface area (Å²) < 4.78 is 0. The highest BCUT2D eigenvalue weighted by atomic mass is 32.2. The van der Waals surface area contributed by atoms with E-state index >= 15 is 0 Å². The van der Waals surface area contributed by atoms with Crippen molar-refractivity contribution in [1.82, 2.24) is 14.9 Å². The maximum atomic E-state index is 5.00. The number of rotatable bonds is 3. The van der Waals surface area contributed by atoms with E-state index in [9.17, 15) is 0 Å². The summed E-state index contributed by atoms with van der Waals surface area (Å²) >= 11 is 1.88. The second-order valence-electron chi connectivity index (χ2n) is 5.62. The highest BCUT2D eigenvalue weighted by Crippen LogP contribution is 2.48. The Bertz CT molecular complexity index is 674. The minimum absolute atomic E-state index is 0.0699. The maximum Gasteiger partial charge on any atom is 0.160 e. The van der Waals surface area contributed by atoms with Gasteiger partial charge in [0.1, 0.15) is 6.04 Å². The zero-order valence-corrected chi connectivity index (χ0v) is 13.3. The summed E-state index contributed by atoms with van der Waals surface area (Å²) in [6.45, 7) is 2.26. The molecule has 2 aliphatic heterocycles. The summed E-state index contributed by atoms with van der Waals surface area (Å²) in [7, 11) is 0. The molecule has 2 aromatic heterocycles. The molecular weight excluding hydrogens is 292 g/mol. The second-order valence-corrected chi connectivity index (χ2v) is 6.60. The van der Waals surface area contributed by atoms with Gasteiger partial charge in [-0.2, -0.15) is 0 Å². The van der Waals surface area contributed by atoms with Crippen LogP contribution in [0.2, 0.25) is 0 Å². The fraction of sp³-hybridized carbons (Fsp3) is 0.353. The third-order valence-electron chi connectivity index (χ3n) is 4.38. The maximum absolute atomic E-state index is 5.00. The highest BCUT2D eigenvalue weighted by molar-refractivity contribution is 8.14. The zero-order valence-electron chi connectivity index (χ0n) is 12.5. The van der Waals surface area contributed by atoms with E-state index in [-0.39, 0.29) is 12.1 Å². The molecular formula is C17H18N4S. The largest absolute Gasteiger partial charge is 0.338 e. The quantitative estimate of drug-likeness (QED) is 0.870. The summed E-state index contributed by atoms with van der Waals surface area (Å²) in [4.78, 5) is 16.2. The van der Waals surface area contributed by atoms with Gasteiger partial charge in [0, 0.05) is 30.4 Å². The molecule has 0 radical (unpaired) electrons. The van der Waals surface area contributed by atoms with Crippen LogP contribution in [0.5, 0.6) is 0 Å². The monoisotopic (exact) mass is 310 g/mol. The van der Waals surface area contributed by atoms with Crippen molar-refractivity contribution >= 4 is 16.9 Å². The topological polar surface area (TPSA) is 41.4 Å². The molecule has 2 aliphatic rings. The van der Waals surface area contributed by atoms with E-state index in [0.29, 0.717) is 6.04 Å². The number of hydrogen-bond donors (Lipinski definition) is 0. The predicted octanol–water partition coefficient (Wildman–Crippen LogP) is 3.46. The molecule has 2 aromatic rings. The minimum atomic E-state index is 0.0699. The molecule has 5 heteroatoms. The Morgan fingerprint density at radius 1 is 1.18 bits per heavy atom. The summed E-state index contributed by atoms with van der Waals surface area (Å²) in [5.74, 6) is 1.13. The lowest BCUT2D eigenvalue weighted by Gasteiger charge is -2.31. The molecule has 0 amide bonds. The highest BCUT2D eigenvalue weighted by Gasteiger charge is 2.45. The van der Waals surface area contributed by atoms with Crippen LogP contribution in [-0.4, -0.2) is 31.8 Å². The van der Waals surface area contributed by atoms with Crippen molar-refractivity contribution < 1.29 is 0 Å². The Balaban J connectivity index is 1.79. The second kappa shape index (κ2) is 5.72. The van der Waals surface area contributed by atoms with Crippen LogP contribution in [0.25, 0.3) is 0 Å². The van der Waals surface area contributed by atoms with Crippen molar-refractivity contribution in [2.24, 2.45) is 4.99 Å². The van der Waals surface area contributed by atoms with E-state index in [2.05, 4.69) is 40.0 Å². The molecule has 0 N–H and O–H groups in total. The molecule has 1 saturated heterocycles. The number of thioether (sulfide) groups is 1. The van der Waals surface area contributed by atoms with E-state index in [0.717, 1.165) is 17.9 Å². The van der Waals surface area contributed by atoms with Gasteiger partial charge in [-0.1, -0.05) is 24.8 Å². The van der Waals surface area contributed by atoms with E-state index in [1.807, 2.05) is 42.5 Å². The van der Waals surface area contributed by atoms with Gasteiger partial charge < -0.3 is 4.90 Å². The van der Waals surface area contributed by atoms with Gasteiger partial charge in [-0.25, -0.2) is 0 Å².